The zero-order valence-corrected chi connectivity index (χ0v) is 11.8. The predicted molar refractivity (Wildman–Crippen MR) is 74.7 cm³/mol. The molecule has 1 heterocycles. The SMILES string of the molecule is CCOCCN1C(=O)C(C)NC1c1cccc(C)c1. The van der Waals surface area contributed by atoms with Crippen LogP contribution in [0.1, 0.15) is 31.1 Å². The summed E-state index contributed by atoms with van der Waals surface area (Å²) in [6, 6.07) is 8.14. The highest BCUT2D eigenvalue weighted by atomic mass is 16.5. The van der Waals surface area contributed by atoms with Crippen LogP contribution in [0.25, 0.3) is 0 Å². The van der Waals surface area contributed by atoms with Crippen molar-refractivity contribution in [3.63, 3.8) is 0 Å². The number of hydrogen-bond donors (Lipinski definition) is 1. The standard InChI is InChI=1S/C15H22N2O2/c1-4-19-9-8-17-14(16-12(3)15(17)18)13-7-5-6-11(2)10-13/h5-7,10,12,14,16H,4,8-9H2,1-3H3. The number of nitrogens with one attached hydrogen (secondary N) is 1. The normalized spacial score (nSPS) is 23.1. The molecule has 1 saturated heterocycles. The molecule has 0 saturated carbocycles. The summed E-state index contributed by atoms with van der Waals surface area (Å²) in [7, 11) is 0. The van der Waals surface area contributed by atoms with Crippen LogP contribution in [0, 0.1) is 6.92 Å². The Hall–Kier alpha value is -1.39. The van der Waals surface area contributed by atoms with E-state index in [4.69, 9.17) is 4.74 Å². The van der Waals surface area contributed by atoms with Crippen molar-refractivity contribution in [2.24, 2.45) is 0 Å². The summed E-state index contributed by atoms with van der Waals surface area (Å²) < 4.78 is 5.37. The molecular weight excluding hydrogens is 240 g/mol. The third-order valence-electron chi connectivity index (χ3n) is 3.41. The molecule has 2 unspecified atom stereocenters. The van der Waals surface area contributed by atoms with E-state index in [2.05, 4.69) is 30.4 Å². The maximum absolute atomic E-state index is 12.2. The lowest BCUT2D eigenvalue weighted by atomic mass is 10.1. The van der Waals surface area contributed by atoms with Gasteiger partial charge < -0.3 is 9.64 Å². The lowest BCUT2D eigenvalue weighted by molar-refractivity contribution is -0.130. The van der Waals surface area contributed by atoms with Crippen molar-refractivity contribution in [1.29, 1.82) is 0 Å². The molecule has 1 N–H and O–H groups in total. The Kier molecular flexibility index (Phi) is 4.56. The molecule has 2 rings (SSSR count). The first-order valence-corrected chi connectivity index (χ1v) is 6.84. The van der Waals surface area contributed by atoms with Crippen LogP contribution < -0.4 is 5.32 Å². The van der Waals surface area contributed by atoms with E-state index in [1.807, 2.05) is 24.8 Å². The number of aryl methyl sites for hydroxylation is 1. The third kappa shape index (κ3) is 3.14. The van der Waals surface area contributed by atoms with Gasteiger partial charge in [0.25, 0.3) is 0 Å². The first kappa shape index (κ1) is 14.0. The van der Waals surface area contributed by atoms with Gasteiger partial charge in [-0.15, -0.1) is 0 Å². The Morgan fingerprint density at radius 3 is 2.89 bits per heavy atom. The fourth-order valence-corrected chi connectivity index (χ4v) is 2.44. The Morgan fingerprint density at radius 2 is 2.21 bits per heavy atom. The molecule has 0 aromatic heterocycles. The molecule has 1 fully saturated rings. The van der Waals surface area contributed by atoms with Gasteiger partial charge in [0.2, 0.25) is 5.91 Å². The maximum atomic E-state index is 12.2. The summed E-state index contributed by atoms with van der Waals surface area (Å²) in [5.41, 5.74) is 2.34. The zero-order chi connectivity index (χ0) is 13.8. The number of ether oxygens (including phenoxy) is 1. The van der Waals surface area contributed by atoms with Gasteiger partial charge in [-0.3, -0.25) is 10.1 Å². The van der Waals surface area contributed by atoms with Crippen molar-refractivity contribution in [3.05, 3.63) is 35.4 Å². The van der Waals surface area contributed by atoms with Gasteiger partial charge >= 0.3 is 0 Å². The van der Waals surface area contributed by atoms with Crippen molar-refractivity contribution < 1.29 is 9.53 Å². The van der Waals surface area contributed by atoms with E-state index in [0.29, 0.717) is 19.8 Å². The summed E-state index contributed by atoms with van der Waals surface area (Å²) in [5.74, 6) is 0.145. The van der Waals surface area contributed by atoms with E-state index in [1.165, 1.54) is 5.56 Å². The molecule has 4 nitrogen and oxygen atoms in total. The second-order valence-electron chi connectivity index (χ2n) is 4.93. The van der Waals surface area contributed by atoms with Gasteiger partial charge in [0.1, 0.15) is 6.17 Å². The molecule has 1 aromatic rings. The molecule has 4 heteroatoms. The molecule has 0 radical (unpaired) electrons. The summed E-state index contributed by atoms with van der Waals surface area (Å²) in [6.07, 6.45) is -0.0390. The van der Waals surface area contributed by atoms with Gasteiger partial charge in [-0.25, -0.2) is 0 Å². The topological polar surface area (TPSA) is 41.6 Å². The molecule has 1 aromatic carbocycles. The molecule has 0 aliphatic carbocycles. The molecule has 1 amide bonds. The van der Waals surface area contributed by atoms with Crippen molar-refractivity contribution in [1.82, 2.24) is 10.2 Å². The summed E-state index contributed by atoms with van der Waals surface area (Å²) in [6.45, 7) is 7.83. The lowest BCUT2D eigenvalue weighted by Gasteiger charge is -2.24. The van der Waals surface area contributed by atoms with Gasteiger partial charge in [0.15, 0.2) is 0 Å². The van der Waals surface area contributed by atoms with Gasteiger partial charge in [0.05, 0.1) is 12.6 Å². The lowest BCUT2D eigenvalue weighted by Crippen LogP contribution is -2.33. The van der Waals surface area contributed by atoms with Crippen molar-refractivity contribution in [2.45, 2.75) is 33.0 Å². The quantitative estimate of drug-likeness (QED) is 0.823. The minimum absolute atomic E-state index is 0.0390. The molecule has 1 aliphatic rings. The Balaban J connectivity index is 2.15. The first-order chi connectivity index (χ1) is 9.13. The molecule has 0 bridgehead atoms. The fraction of sp³-hybridized carbons (Fsp3) is 0.533. The number of nitrogens with zero attached hydrogens (tertiary/aromatic N) is 1. The van der Waals surface area contributed by atoms with E-state index < -0.39 is 0 Å². The van der Waals surface area contributed by atoms with Gasteiger partial charge in [-0.1, -0.05) is 29.8 Å². The van der Waals surface area contributed by atoms with Crippen LogP contribution in [0.5, 0.6) is 0 Å². The van der Waals surface area contributed by atoms with Crippen molar-refractivity contribution in [2.75, 3.05) is 19.8 Å². The average Bonchev–Trinajstić information content (AvgIpc) is 2.67. The monoisotopic (exact) mass is 262 g/mol. The van der Waals surface area contributed by atoms with E-state index in [-0.39, 0.29) is 18.1 Å². The summed E-state index contributed by atoms with van der Waals surface area (Å²) in [4.78, 5) is 14.0. The highest BCUT2D eigenvalue weighted by Gasteiger charge is 2.36. The predicted octanol–water partition coefficient (Wildman–Crippen LogP) is 1.85. The van der Waals surface area contributed by atoms with Crippen molar-refractivity contribution >= 4 is 5.91 Å². The highest BCUT2D eigenvalue weighted by molar-refractivity contribution is 5.84. The van der Waals surface area contributed by atoms with Gasteiger partial charge in [0, 0.05) is 13.2 Å². The smallest absolute Gasteiger partial charge is 0.241 e. The Morgan fingerprint density at radius 1 is 1.42 bits per heavy atom. The van der Waals surface area contributed by atoms with Gasteiger partial charge in [-0.2, -0.15) is 0 Å². The third-order valence-corrected chi connectivity index (χ3v) is 3.41. The van der Waals surface area contributed by atoms with Gasteiger partial charge in [-0.05, 0) is 26.3 Å². The van der Waals surface area contributed by atoms with Crippen LogP contribution >= 0.6 is 0 Å². The molecule has 2 atom stereocenters. The van der Waals surface area contributed by atoms with Crippen LogP contribution in [0.15, 0.2) is 24.3 Å². The summed E-state index contributed by atoms with van der Waals surface area (Å²) >= 11 is 0. The molecule has 104 valence electrons. The number of hydrogen-bond acceptors (Lipinski definition) is 3. The minimum Gasteiger partial charge on any atom is -0.380 e. The second-order valence-corrected chi connectivity index (χ2v) is 4.93. The molecule has 19 heavy (non-hydrogen) atoms. The molecular formula is C15H22N2O2. The minimum atomic E-state index is -0.132. The van der Waals surface area contributed by atoms with E-state index in [0.717, 1.165) is 5.56 Å². The van der Waals surface area contributed by atoms with Crippen LogP contribution in [0.4, 0.5) is 0 Å². The fourth-order valence-electron chi connectivity index (χ4n) is 2.44. The summed E-state index contributed by atoms with van der Waals surface area (Å²) in [5, 5.41) is 3.34. The highest BCUT2D eigenvalue weighted by Crippen LogP contribution is 2.25. The number of carbonyl (C=O) groups is 1. The second kappa shape index (κ2) is 6.17. The van der Waals surface area contributed by atoms with Crippen LogP contribution in [-0.2, 0) is 9.53 Å². The Labute approximate surface area is 114 Å². The zero-order valence-electron chi connectivity index (χ0n) is 11.8. The number of amides is 1. The maximum Gasteiger partial charge on any atom is 0.241 e. The van der Waals surface area contributed by atoms with E-state index in [9.17, 15) is 4.79 Å². The first-order valence-electron chi connectivity index (χ1n) is 6.84. The molecule has 0 spiro atoms. The molecule has 1 aliphatic heterocycles. The van der Waals surface area contributed by atoms with Crippen molar-refractivity contribution in [3.8, 4) is 0 Å². The van der Waals surface area contributed by atoms with E-state index in [1.54, 1.807) is 0 Å². The average molecular weight is 262 g/mol. The number of rotatable bonds is 5. The van der Waals surface area contributed by atoms with Crippen LogP contribution in [0.2, 0.25) is 0 Å². The Bertz CT molecular complexity index is 448. The van der Waals surface area contributed by atoms with Crippen LogP contribution in [0.3, 0.4) is 0 Å². The number of carbonyl (C=O) groups excluding carboxylic acids is 1. The number of benzene rings is 1. The van der Waals surface area contributed by atoms with Crippen LogP contribution in [-0.4, -0.2) is 36.6 Å². The van der Waals surface area contributed by atoms with E-state index >= 15 is 0 Å². The largest absolute Gasteiger partial charge is 0.380 e.